The first-order chi connectivity index (χ1) is 11.8. The van der Waals surface area contributed by atoms with Gasteiger partial charge >= 0.3 is 5.97 Å². The Kier molecular flexibility index (Phi) is 6.87. The molecule has 1 atom stereocenters. The third-order valence-electron chi connectivity index (χ3n) is 3.73. The molecule has 2 aromatic rings. The number of halogens is 1. The average molecular weight is 385 g/mol. The van der Waals surface area contributed by atoms with Crippen molar-refractivity contribution in [2.45, 2.75) is 43.6 Å². The van der Waals surface area contributed by atoms with Crippen LogP contribution in [0, 0.1) is 5.92 Å². The summed E-state index contributed by atoms with van der Waals surface area (Å²) in [5.74, 6) is -0.659. The molecule has 8 heteroatoms. The van der Waals surface area contributed by atoms with Gasteiger partial charge in [0, 0.05) is 18.2 Å². The van der Waals surface area contributed by atoms with Gasteiger partial charge in [-0.3, -0.25) is 14.2 Å². The molecule has 2 N–H and O–H groups in total. The Morgan fingerprint density at radius 1 is 1.36 bits per heavy atom. The molecule has 0 amide bonds. The Morgan fingerprint density at radius 3 is 2.68 bits per heavy atom. The zero-order chi connectivity index (χ0) is 18.6. The van der Waals surface area contributed by atoms with Gasteiger partial charge in [-0.2, -0.15) is 0 Å². The average Bonchev–Trinajstić information content (AvgIpc) is 2.53. The highest BCUT2D eigenvalue weighted by Crippen LogP contribution is 2.26. The van der Waals surface area contributed by atoms with Gasteiger partial charge in [-0.05, 0) is 37.0 Å². The molecule has 0 saturated heterocycles. The summed E-state index contributed by atoms with van der Waals surface area (Å²) in [6, 6.07) is 4.87. The maximum Gasteiger partial charge on any atom is 0.317 e. The number of benzene rings is 1. The topological polar surface area (TPSA) is 92.4 Å². The SMILES string of the molecule is CC(C)CCn1c(SC(CCO)C(=O)O)nc2cc(Cl)ccc2c1=O. The maximum atomic E-state index is 12.9. The quantitative estimate of drug-likeness (QED) is 0.536. The van der Waals surface area contributed by atoms with E-state index in [4.69, 9.17) is 16.7 Å². The monoisotopic (exact) mass is 384 g/mol. The molecule has 0 bridgehead atoms. The molecule has 1 heterocycles. The van der Waals surface area contributed by atoms with Crippen molar-refractivity contribution >= 4 is 40.2 Å². The number of carboxylic acid groups (broad SMARTS) is 1. The number of hydrogen-bond donors (Lipinski definition) is 2. The van der Waals surface area contributed by atoms with E-state index < -0.39 is 11.2 Å². The molecule has 2 rings (SSSR count). The van der Waals surface area contributed by atoms with Crippen molar-refractivity contribution in [3.8, 4) is 0 Å². The number of aliphatic hydroxyl groups excluding tert-OH is 1. The number of fused-ring (bicyclic) bond motifs is 1. The maximum absolute atomic E-state index is 12.9. The van der Waals surface area contributed by atoms with Crippen LogP contribution in [0.1, 0.15) is 26.7 Å². The van der Waals surface area contributed by atoms with Gasteiger partial charge in [0.25, 0.3) is 5.56 Å². The molecule has 0 aliphatic rings. The number of nitrogens with zero attached hydrogens (tertiary/aromatic N) is 2. The third-order valence-corrected chi connectivity index (χ3v) is 5.21. The van der Waals surface area contributed by atoms with Crippen LogP contribution < -0.4 is 5.56 Å². The Morgan fingerprint density at radius 2 is 2.08 bits per heavy atom. The lowest BCUT2D eigenvalue weighted by Crippen LogP contribution is -2.26. The smallest absolute Gasteiger partial charge is 0.317 e. The number of hydrogen-bond acceptors (Lipinski definition) is 5. The normalized spacial score (nSPS) is 12.7. The Balaban J connectivity index is 2.55. The molecule has 6 nitrogen and oxygen atoms in total. The van der Waals surface area contributed by atoms with Gasteiger partial charge in [-0.1, -0.05) is 37.2 Å². The fourth-order valence-electron chi connectivity index (χ4n) is 2.33. The molecule has 1 unspecified atom stereocenters. The van der Waals surface area contributed by atoms with E-state index in [1.807, 2.05) is 0 Å². The van der Waals surface area contributed by atoms with Gasteiger partial charge in [0.2, 0.25) is 0 Å². The summed E-state index contributed by atoms with van der Waals surface area (Å²) < 4.78 is 1.52. The molecule has 25 heavy (non-hydrogen) atoms. The van der Waals surface area contributed by atoms with E-state index in [-0.39, 0.29) is 18.6 Å². The fraction of sp³-hybridized carbons (Fsp3) is 0.471. The first-order valence-corrected chi connectivity index (χ1v) is 9.29. The molecule has 136 valence electrons. The van der Waals surface area contributed by atoms with Crippen LogP contribution in [0.15, 0.2) is 28.2 Å². The Bertz CT molecular complexity index is 822. The molecule has 0 spiro atoms. The van der Waals surface area contributed by atoms with Crippen LogP contribution in [0.3, 0.4) is 0 Å². The third kappa shape index (κ3) is 4.96. The second-order valence-electron chi connectivity index (χ2n) is 6.15. The van der Waals surface area contributed by atoms with Gasteiger partial charge in [0.05, 0.1) is 10.9 Å². The molecular weight excluding hydrogens is 364 g/mol. The summed E-state index contributed by atoms with van der Waals surface area (Å²) in [5, 5.41) is 18.8. The lowest BCUT2D eigenvalue weighted by atomic mass is 10.1. The summed E-state index contributed by atoms with van der Waals surface area (Å²) in [6.07, 6.45) is 0.847. The lowest BCUT2D eigenvalue weighted by Gasteiger charge is -2.17. The molecular formula is C17H21ClN2O4S. The van der Waals surface area contributed by atoms with Gasteiger partial charge in [0.15, 0.2) is 5.16 Å². The molecule has 1 aromatic heterocycles. The van der Waals surface area contributed by atoms with Crippen LogP contribution in [-0.2, 0) is 11.3 Å². The largest absolute Gasteiger partial charge is 0.480 e. The Labute approximate surface area is 154 Å². The van der Waals surface area contributed by atoms with E-state index >= 15 is 0 Å². The molecule has 0 aliphatic heterocycles. The predicted octanol–water partition coefficient (Wildman–Crippen LogP) is 3.02. The van der Waals surface area contributed by atoms with Crippen LogP contribution in [0.5, 0.6) is 0 Å². The lowest BCUT2D eigenvalue weighted by molar-refractivity contribution is -0.136. The van der Waals surface area contributed by atoms with E-state index in [0.29, 0.717) is 33.5 Å². The second-order valence-corrected chi connectivity index (χ2v) is 7.76. The zero-order valence-electron chi connectivity index (χ0n) is 14.1. The van der Waals surface area contributed by atoms with E-state index in [1.165, 1.54) is 4.57 Å². The van der Waals surface area contributed by atoms with Crippen molar-refractivity contribution in [2.75, 3.05) is 6.61 Å². The highest BCUT2D eigenvalue weighted by Gasteiger charge is 2.22. The van der Waals surface area contributed by atoms with Crippen LogP contribution in [0.2, 0.25) is 5.02 Å². The van der Waals surface area contributed by atoms with Gasteiger partial charge in [-0.15, -0.1) is 0 Å². The first kappa shape index (κ1) is 19.8. The van der Waals surface area contributed by atoms with Crippen molar-refractivity contribution in [2.24, 2.45) is 5.92 Å². The van der Waals surface area contributed by atoms with Crippen molar-refractivity contribution in [1.82, 2.24) is 9.55 Å². The number of rotatable bonds is 8. The molecule has 0 radical (unpaired) electrons. The van der Waals surface area contributed by atoms with Crippen molar-refractivity contribution in [3.05, 3.63) is 33.6 Å². The molecule has 0 saturated carbocycles. The van der Waals surface area contributed by atoms with Gasteiger partial charge in [0.1, 0.15) is 5.25 Å². The van der Waals surface area contributed by atoms with E-state index in [2.05, 4.69) is 18.8 Å². The fourth-order valence-corrected chi connectivity index (χ4v) is 3.52. The summed E-state index contributed by atoms with van der Waals surface area (Å²) >= 11 is 6.97. The zero-order valence-corrected chi connectivity index (χ0v) is 15.7. The number of carboxylic acids is 1. The van der Waals surface area contributed by atoms with Crippen molar-refractivity contribution in [3.63, 3.8) is 0 Å². The van der Waals surface area contributed by atoms with Crippen LogP contribution in [0.25, 0.3) is 10.9 Å². The molecule has 1 aromatic carbocycles. The number of aromatic nitrogens is 2. The summed E-state index contributed by atoms with van der Waals surface area (Å²) in [4.78, 5) is 28.7. The minimum absolute atomic E-state index is 0.0770. The van der Waals surface area contributed by atoms with Crippen molar-refractivity contribution in [1.29, 1.82) is 0 Å². The number of aliphatic carboxylic acids is 1. The molecule has 0 aliphatic carbocycles. The van der Waals surface area contributed by atoms with E-state index in [9.17, 15) is 14.7 Å². The Hall–Kier alpha value is -1.57. The van der Waals surface area contributed by atoms with Crippen LogP contribution in [0.4, 0.5) is 0 Å². The number of carbonyl (C=O) groups is 1. The first-order valence-electron chi connectivity index (χ1n) is 8.04. The highest BCUT2D eigenvalue weighted by atomic mass is 35.5. The minimum Gasteiger partial charge on any atom is -0.480 e. The summed E-state index contributed by atoms with van der Waals surface area (Å²) in [6.45, 7) is 4.31. The molecule has 0 fully saturated rings. The van der Waals surface area contributed by atoms with Crippen molar-refractivity contribution < 1.29 is 15.0 Å². The second kappa shape index (κ2) is 8.69. The number of thioether (sulfide) groups is 1. The van der Waals surface area contributed by atoms with Gasteiger partial charge < -0.3 is 10.2 Å². The summed E-state index contributed by atoms with van der Waals surface area (Å²) in [7, 11) is 0. The predicted molar refractivity (Wildman–Crippen MR) is 99.5 cm³/mol. The number of aliphatic hydroxyl groups is 1. The van der Waals surface area contributed by atoms with Gasteiger partial charge in [-0.25, -0.2) is 4.98 Å². The van der Waals surface area contributed by atoms with E-state index in [1.54, 1.807) is 18.2 Å². The van der Waals surface area contributed by atoms with Crippen LogP contribution >= 0.6 is 23.4 Å². The highest BCUT2D eigenvalue weighted by molar-refractivity contribution is 8.00. The minimum atomic E-state index is -1.05. The standard InChI is InChI=1S/C17H21ClN2O4S/c1-10(2)5-7-20-15(22)12-4-3-11(18)9-13(12)19-17(20)25-14(6-8-21)16(23)24/h3-4,9-10,14,21H,5-8H2,1-2H3,(H,23,24). The van der Waals surface area contributed by atoms with E-state index in [0.717, 1.165) is 18.2 Å². The van der Waals surface area contributed by atoms with Crippen LogP contribution in [-0.4, -0.2) is 37.6 Å². The summed E-state index contributed by atoms with van der Waals surface area (Å²) in [5.41, 5.74) is 0.229.